The number of ether oxygens (including phenoxy) is 1. The quantitative estimate of drug-likeness (QED) is 0.736. The maximum atomic E-state index is 14.1. The number of carbonyl (C=O) groups is 2. The third kappa shape index (κ3) is 4.53. The van der Waals surface area contributed by atoms with Crippen molar-refractivity contribution in [3.63, 3.8) is 0 Å². The van der Waals surface area contributed by atoms with Crippen LogP contribution >= 0.6 is 11.6 Å². The van der Waals surface area contributed by atoms with Crippen LogP contribution in [0.3, 0.4) is 0 Å². The number of rotatable bonds is 3. The van der Waals surface area contributed by atoms with Gasteiger partial charge in [-0.2, -0.15) is 5.26 Å². The van der Waals surface area contributed by atoms with Gasteiger partial charge in [-0.1, -0.05) is 17.7 Å². The molecule has 0 N–H and O–H groups in total. The molecule has 152 valence electrons. The van der Waals surface area contributed by atoms with Crippen LogP contribution < -0.4 is 0 Å². The van der Waals surface area contributed by atoms with Gasteiger partial charge in [-0.25, -0.2) is 14.0 Å². The van der Waals surface area contributed by atoms with Gasteiger partial charge >= 0.3 is 12.1 Å². The number of hydrogen-bond donors (Lipinski definition) is 0. The molecule has 6 nitrogen and oxygen atoms in total. The summed E-state index contributed by atoms with van der Waals surface area (Å²) in [6, 6.07) is 5.70. The lowest BCUT2D eigenvalue weighted by Crippen LogP contribution is -2.51. The van der Waals surface area contributed by atoms with E-state index in [1.165, 1.54) is 17.0 Å². The van der Waals surface area contributed by atoms with E-state index in [1.54, 1.807) is 26.8 Å². The third-order valence-corrected chi connectivity index (χ3v) is 5.10. The molecule has 1 aliphatic heterocycles. The van der Waals surface area contributed by atoms with E-state index in [0.717, 1.165) is 6.07 Å². The van der Waals surface area contributed by atoms with E-state index in [9.17, 15) is 23.8 Å². The van der Waals surface area contributed by atoms with Gasteiger partial charge in [-0.05, 0) is 51.3 Å². The molecular formula is C19H21ClF2N2O4. The lowest BCUT2D eigenvalue weighted by atomic mass is 9.64. The Bertz CT molecular complexity index is 796. The first-order valence-corrected chi connectivity index (χ1v) is 9.07. The number of halogens is 3. The van der Waals surface area contributed by atoms with E-state index in [1.807, 2.05) is 0 Å². The Labute approximate surface area is 166 Å². The Hall–Kier alpha value is -2.40. The van der Waals surface area contributed by atoms with Gasteiger partial charge in [0.15, 0.2) is 5.92 Å². The number of nitriles is 1. The van der Waals surface area contributed by atoms with Gasteiger partial charge in [0.25, 0.3) is 0 Å². The van der Waals surface area contributed by atoms with Crippen molar-refractivity contribution in [2.24, 2.45) is 5.92 Å². The molecule has 9 heteroatoms. The molecule has 1 atom stereocenters. The molecule has 0 saturated carbocycles. The van der Waals surface area contributed by atoms with Crippen molar-refractivity contribution in [3.8, 4) is 6.07 Å². The molecule has 0 spiro atoms. The van der Waals surface area contributed by atoms with Crippen molar-refractivity contribution in [3.05, 3.63) is 34.6 Å². The number of hydrogen-bond acceptors (Lipinski definition) is 5. The van der Waals surface area contributed by atoms with Gasteiger partial charge < -0.3 is 9.64 Å². The number of amides is 1. The fourth-order valence-corrected chi connectivity index (χ4v) is 3.53. The minimum atomic E-state index is -1.51. The molecule has 1 saturated heterocycles. The SMILES string of the molecule is CC(C)(C)OC(=O)N1CCC(c2ccc(Cl)c(F)c2)(C(C#N)C(=O)OF)CC1. The second kappa shape index (κ2) is 8.31. The average molecular weight is 415 g/mol. The molecule has 1 aromatic carbocycles. The zero-order valence-electron chi connectivity index (χ0n) is 15.8. The molecule has 1 aliphatic rings. The third-order valence-electron chi connectivity index (χ3n) is 4.80. The van der Waals surface area contributed by atoms with Crippen molar-refractivity contribution in [1.29, 1.82) is 5.26 Å². The number of carbonyl (C=O) groups excluding carboxylic acids is 2. The van der Waals surface area contributed by atoms with Gasteiger partial charge in [-0.3, -0.25) is 4.94 Å². The molecule has 2 rings (SSSR count). The Kier molecular flexibility index (Phi) is 6.50. The molecule has 0 aliphatic carbocycles. The van der Waals surface area contributed by atoms with Crippen LogP contribution in [0.5, 0.6) is 0 Å². The van der Waals surface area contributed by atoms with Crippen LogP contribution in [0.1, 0.15) is 39.2 Å². The minimum Gasteiger partial charge on any atom is -0.444 e. The molecular weight excluding hydrogens is 394 g/mol. The van der Waals surface area contributed by atoms with Gasteiger partial charge in [0.1, 0.15) is 11.4 Å². The van der Waals surface area contributed by atoms with Crippen LogP contribution in [0.4, 0.5) is 13.7 Å². The number of nitrogens with zero attached hydrogens (tertiary/aromatic N) is 2. The topological polar surface area (TPSA) is 79.6 Å². The molecule has 1 heterocycles. The molecule has 1 fully saturated rings. The van der Waals surface area contributed by atoms with Crippen molar-refractivity contribution in [1.82, 2.24) is 4.90 Å². The summed E-state index contributed by atoms with van der Waals surface area (Å²) in [6.07, 6.45) is -0.314. The molecule has 0 radical (unpaired) electrons. The lowest BCUT2D eigenvalue weighted by Gasteiger charge is -2.43. The highest BCUT2D eigenvalue weighted by molar-refractivity contribution is 6.30. The summed E-state index contributed by atoms with van der Waals surface area (Å²) < 4.78 is 32.0. The zero-order chi connectivity index (χ0) is 21.1. The van der Waals surface area contributed by atoms with Crippen LogP contribution in [0.25, 0.3) is 0 Å². The van der Waals surface area contributed by atoms with Crippen LogP contribution in [0.15, 0.2) is 18.2 Å². The summed E-state index contributed by atoms with van der Waals surface area (Å²) in [7, 11) is 0. The highest BCUT2D eigenvalue weighted by Gasteiger charge is 2.49. The summed E-state index contributed by atoms with van der Waals surface area (Å²) in [5.74, 6) is -3.60. The Morgan fingerprint density at radius 1 is 1.32 bits per heavy atom. The predicted molar refractivity (Wildman–Crippen MR) is 96.4 cm³/mol. The van der Waals surface area contributed by atoms with E-state index in [-0.39, 0.29) is 31.0 Å². The fraction of sp³-hybridized carbons (Fsp3) is 0.526. The monoisotopic (exact) mass is 414 g/mol. The summed E-state index contributed by atoms with van der Waals surface area (Å²) in [5, 5.41) is 9.40. The molecule has 1 aromatic rings. The molecule has 0 bridgehead atoms. The molecule has 1 unspecified atom stereocenters. The van der Waals surface area contributed by atoms with Crippen LogP contribution in [0, 0.1) is 23.1 Å². The largest absolute Gasteiger partial charge is 0.444 e. The summed E-state index contributed by atoms with van der Waals surface area (Å²) >= 11 is 5.73. The predicted octanol–water partition coefficient (Wildman–Crippen LogP) is 4.32. The summed E-state index contributed by atoms with van der Waals surface area (Å²) in [5.41, 5.74) is -1.60. The van der Waals surface area contributed by atoms with Crippen molar-refractivity contribution in [2.75, 3.05) is 13.1 Å². The molecule has 0 aromatic heterocycles. The first-order valence-electron chi connectivity index (χ1n) is 8.69. The summed E-state index contributed by atoms with van der Waals surface area (Å²) in [4.78, 5) is 29.0. The van der Waals surface area contributed by atoms with E-state index in [4.69, 9.17) is 16.3 Å². The molecule has 1 amide bonds. The fourth-order valence-electron chi connectivity index (χ4n) is 3.41. The van der Waals surface area contributed by atoms with Crippen LogP contribution in [-0.4, -0.2) is 35.7 Å². The smallest absolute Gasteiger partial charge is 0.410 e. The Morgan fingerprint density at radius 2 is 1.93 bits per heavy atom. The van der Waals surface area contributed by atoms with E-state index >= 15 is 0 Å². The number of benzene rings is 1. The summed E-state index contributed by atoms with van der Waals surface area (Å²) in [6.45, 7) is 5.48. The maximum Gasteiger partial charge on any atom is 0.410 e. The van der Waals surface area contributed by atoms with Crippen molar-refractivity contribution < 1.29 is 28.2 Å². The molecule has 28 heavy (non-hydrogen) atoms. The van der Waals surface area contributed by atoms with Crippen LogP contribution in [-0.2, 0) is 19.9 Å². The standard InChI is InChI=1S/C19H21ClF2N2O4/c1-18(2,3)27-17(26)24-8-6-19(7-9-24,13(11-23)16(25)28-22)12-4-5-14(20)15(21)10-12/h4-5,10,13H,6-9H2,1-3H3. The lowest BCUT2D eigenvalue weighted by molar-refractivity contribution is -0.190. The van der Waals surface area contributed by atoms with Crippen LogP contribution in [0.2, 0.25) is 5.02 Å². The van der Waals surface area contributed by atoms with Gasteiger partial charge in [0.2, 0.25) is 0 Å². The first kappa shape index (κ1) is 21.9. The Balaban J connectivity index is 2.37. The first-order chi connectivity index (χ1) is 13.0. The minimum absolute atomic E-state index is 0.112. The highest BCUT2D eigenvalue weighted by Crippen LogP contribution is 2.43. The number of likely N-dealkylation sites (tertiary alicyclic amines) is 1. The Morgan fingerprint density at radius 3 is 2.39 bits per heavy atom. The highest BCUT2D eigenvalue weighted by atomic mass is 35.5. The van der Waals surface area contributed by atoms with Crippen molar-refractivity contribution >= 4 is 23.7 Å². The van der Waals surface area contributed by atoms with E-state index in [0.29, 0.717) is 5.56 Å². The average Bonchev–Trinajstić information content (AvgIpc) is 2.63. The normalized spacial score (nSPS) is 17.4. The maximum absolute atomic E-state index is 14.1. The van der Waals surface area contributed by atoms with Gasteiger partial charge in [-0.15, -0.1) is 0 Å². The van der Waals surface area contributed by atoms with Gasteiger partial charge in [0.05, 0.1) is 11.1 Å². The second-order valence-corrected chi connectivity index (χ2v) is 8.12. The van der Waals surface area contributed by atoms with E-state index < -0.39 is 34.8 Å². The number of piperidine rings is 1. The van der Waals surface area contributed by atoms with Crippen molar-refractivity contribution in [2.45, 2.75) is 44.6 Å². The van der Waals surface area contributed by atoms with Gasteiger partial charge in [0, 0.05) is 23.0 Å². The second-order valence-electron chi connectivity index (χ2n) is 7.71. The zero-order valence-corrected chi connectivity index (χ0v) is 16.6. The van der Waals surface area contributed by atoms with E-state index in [2.05, 4.69) is 4.94 Å².